The molecule has 15 heavy (non-hydrogen) atoms. The van der Waals surface area contributed by atoms with Crippen LogP contribution in [0.1, 0.15) is 20.3 Å². The van der Waals surface area contributed by atoms with Crippen molar-refractivity contribution in [2.24, 2.45) is 0 Å². The summed E-state index contributed by atoms with van der Waals surface area (Å²) in [7, 11) is 2.06. The Labute approximate surface area is 92.6 Å². The van der Waals surface area contributed by atoms with E-state index in [1.165, 1.54) is 0 Å². The maximum absolute atomic E-state index is 9.08. The van der Waals surface area contributed by atoms with Crippen LogP contribution in [0, 0.1) is 0 Å². The second kappa shape index (κ2) is 6.43. The van der Waals surface area contributed by atoms with E-state index in [9.17, 15) is 0 Å². The van der Waals surface area contributed by atoms with Crippen molar-refractivity contribution in [1.29, 1.82) is 0 Å². The first-order chi connectivity index (χ1) is 7.15. The fourth-order valence-electron chi connectivity index (χ4n) is 1.91. The summed E-state index contributed by atoms with van der Waals surface area (Å²) in [6.45, 7) is 7.05. The van der Waals surface area contributed by atoms with Crippen LogP contribution in [-0.2, 0) is 4.74 Å². The number of aliphatic hydroxyl groups is 1. The van der Waals surface area contributed by atoms with Crippen molar-refractivity contribution < 1.29 is 9.84 Å². The first-order valence-electron chi connectivity index (χ1n) is 5.79. The summed E-state index contributed by atoms with van der Waals surface area (Å²) in [5, 5.41) is 12.5. The molecule has 1 aliphatic rings. The van der Waals surface area contributed by atoms with Crippen LogP contribution in [0.3, 0.4) is 0 Å². The number of aliphatic hydroxyl groups excluding tert-OH is 1. The molecule has 0 spiro atoms. The Morgan fingerprint density at radius 2 is 2.20 bits per heavy atom. The summed E-state index contributed by atoms with van der Waals surface area (Å²) in [4.78, 5) is 2.22. The lowest BCUT2D eigenvalue weighted by atomic mass is 10.1. The highest BCUT2D eigenvalue weighted by Gasteiger charge is 2.20. The number of rotatable bonds is 5. The van der Waals surface area contributed by atoms with Gasteiger partial charge in [0.1, 0.15) is 0 Å². The van der Waals surface area contributed by atoms with E-state index in [0.717, 1.165) is 26.2 Å². The standard InChI is InChI=1S/C11H24N2O2/c1-9(13(3)10(2)7-14)6-11-8-15-5-4-12-11/h9-12,14H,4-8H2,1-3H3. The maximum Gasteiger partial charge on any atom is 0.0620 e. The van der Waals surface area contributed by atoms with E-state index in [1.54, 1.807) is 0 Å². The van der Waals surface area contributed by atoms with Crippen molar-refractivity contribution in [3.05, 3.63) is 0 Å². The van der Waals surface area contributed by atoms with Gasteiger partial charge in [-0.25, -0.2) is 0 Å². The molecule has 3 atom stereocenters. The first kappa shape index (κ1) is 12.9. The van der Waals surface area contributed by atoms with Gasteiger partial charge in [-0.05, 0) is 27.3 Å². The molecule has 3 unspecified atom stereocenters. The molecule has 90 valence electrons. The molecule has 1 heterocycles. The van der Waals surface area contributed by atoms with Crippen LogP contribution in [0.15, 0.2) is 0 Å². The Morgan fingerprint density at radius 3 is 2.73 bits per heavy atom. The minimum atomic E-state index is 0.218. The molecule has 0 radical (unpaired) electrons. The molecular formula is C11H24N2O2. The highest BCUT2D eigenvalue weighted by molar-refractivity contribution is 4.78. The summed E-state index contributed by atoms with van der Waals surface area (Å²) in [5.74, 6) is 0. The number of hydrogen-bond acceptors (Lipinski definition) is 4. The number of likely N-dealkylation sites (N-methyl/N-ethyl adjacent to an activating group) is 1. The van der Waals surface area contributed by atoms with Crippen LogP contribution >= 0.6 is 0 Å². The number of morpholine rings is 1. The zero-order chi connectivity index (χ0) is 11.3. The van der Waals surface area contributed by atoms with Gasteiger partial charge in [-0.1, -0.05) is 0 Å². The lowest BCUT2D eigenvalue weighted by Crippen LogP contribution is -2.47. The van der Waals surface area contributed by atoms with Gasteiger partial charge < -0.3 is 15.2 Å². The van der Waals surface area contributed by atoms with E-state index < -0.39 is 0 Å². The molecule has 1 aliphatic heterocycles. The fourth-order valence-corrected chi connectivity index (χ4v) is 1.91. The molecule has 0 amide bonds. The number of nitrogens with one attached hydrogen (secondary N) is 1. The van der Waals surface area contributed by atoms with Crippen molar-refractivity contribution in [3.8, 4) is 0 Å². The summed E-state index contributed by atoms with van der Waals surface area (Å²) in [6.07, 6.45) is 1.07. The number of nitrogens with zero attached hydrogens (tertiary/aromatic N) is 1. The lowest BCUT2D eigenvalue weighted by molar-refractivity contribution is 0.0558. The second-order valence-corrected chi connectivity index (χ2v) is 4.51. The third-order valence-electron chi connectivity index (χ3n) is 3.28. The van der Waals surface area contributed by atoms with Gasteiger partial charge in [-0.3, -0.25) is 4.90 Å². The summed E-state index contributed by atoms with van der Waals surface area (Å²) in [6, 6.07) is 1.15. The van der Waals surface area contributed by atoms with Crippen LogP contribution in [0.5, 0.6) is 0 Å². The molecule has 0 aromatic heterocycles. The smallest absolute Gasteiger partial charge is 0.0620 e. The van der Waals surface area contributed by atoms with Crippen molar-refractivity contribution in [1.82, 2.24) is 10.2 Å². The van der Waals surface area contributed by atoms with Crippen molar-refractivity contribution >= 4 is 0 Å². The van der Waals surface area contributed by atoms with Gasteiger partial charge in [0.05, 0.1) is 19.8 Å². The molecule has 1 saturated heterocycles. The topological polar surface area (TPSA) is 44.7 Å². The molecule has 0 bridgehead atoms. The first-order valence-corrected chi connectivity index (χ1v) is 5.79. The third kappa shape index (κ3) is 4.07. The number of hydrogen-bond donors (Lipinski definition) is 2. The van der Waals surface area contributed by atoms with Crippen LogP contribution in [0.2, 0.25) is 0 Å². The molecule has 0 aromatic rings. The molecule has 0 aromatic carbocycles. The minimum absolute atomic E-state index is 0.218. The average Bonchev–Trinajstić information content (AvgIpc) is 2.28. The minimum Gasteiger partial charge on any atom is -0.395 e. The quantitative estimate of drug-likeness (QED) is 0.682. The van der Waals surface area contributed by atoms with E-state index in [-0.39, 0.29) is 12.6 Å². The lowest BCUT2D eigenvalue weighted by Gasteiger charge is -2.33. The zero-order valence-corrected chi connectivity index (χ0v) is 10.1. The average molecular weight is 216 g/mol. The van der Waals surface area contributed by atoms with Crippen molar-refractivity contribution in [3.63, 3.8) is 0 Å². The predicted octanol–water partition coefficient (Wildman–Crippen LogP) is 0.0660. The highest BCUT2D eigenvalue weighted by Crippen LogP contribution is 2.10. The Kier molecular flexibility index (Phi) is 5.53. The zero-order valence-electron chi connectivity index (χ0n) is 10.1. The third-order valence-corrected chi connectivity index (χ3v) is 3.28. The summed E-state index contributed by atoms with van der Waals surface area (Å²) < 4.78 is 5.42. The molecule has 4 nitrogen and oxygen atoms in total. The molecule has 0 aliphatic carbocycles. The van der Waals surface area contributed by atoms with Crippen LogP contribution < -0.4 is 5.32 Å². The van der Waals surface area contributed by atoms with Gasteiger partial charge in [0.2, 0.25) is 0 Å². The Bertz CT molecular complexity index is 172. The van der Waals surface area contributed by atoms with E-state index in [1.807, 2.05) is 6.92 Å². The Balaban J connectivity index is 2.29. The van der Waals surface area contributed by atoms with Gasteiger partial charge >= 0.3 is 0 Å². The molecule has 2 N–H and O–H groups in total. The predicted molar refractivity (Wildman–Crippen MR) is 61.0 cm³/mol. The van der Waals surface area contributed by atoms with Gasteiger partial charge in [-0.2, -0.15) is 0 Å². The van der Waals surface area contributed by atoms with E-state index in [2.05, 4.69) is 24.2 Å². The van der Waals surface area contributed by atoms with Gasteiger partial charge in [-0.15, -0.1) is 0 Å². The number of ether oxygens (including phenoxy) is 1. The molecule has 1 fully saturated rings. The normalized spacial score (nSPS) is 26.6. The van der Waals surface area contributed by atoms with Crippen molar-refractivity contribution in [2.75, 3.05) is 33.4 Å². The SMILES string of the molecule is CC(CO)N(C)C(C)CC1COCCN1. The van der Waals surface area contributed by atoms with Gasteiger partial charge in [0.15, 0.2) is 0 Å². The Morgan fingerprint density at radius 1 is 1.47 bits per heavy atom. The monoisotopic (exact) mass is 216 g/mol. The fraction of sp³-hybridized carbons (Fsp3) is 1.00. The molecule has 4 heteroatoms. The van der Waals surface area contributed by atoms with Crippen molar-refractivity contribution in [2.45, 2.75) is 38.4 Å². The molecule has 1 rings (SSSR count). The van der Waals surface area contributed by atoms with Gasteiger partial charge in [0.25, 0.3) is 0 Å². The van der Waals surface area contributed by atoms with Crippen LogP contribution in [-0.4, -0.2) is 61.5 Å². The summed E-state index contributed by atoms with van der Waals surface area (Å²) >= 11 is 0. The van der Waals surface area contributed by atoms with Gasteiger partial charge in [0, 0.05) is 24.7 Å². The van der Waals surface area contributed by atoms with E-state index >= 15 is 0 Å². The summed E-state index contributed by atoms with van der Waals surface area (Å²) in [5.41, 5.74) is 0. The molecular weight excluding hydrogens is 192 g/mol. The van der Waals surface area contributed by atoms with Crippen LogP contribution in [0.25, 0.3) is 0 Å². The van der Waals surface area contributed by atoms with E-state index in [0.29, 0.717) is 12.1 Å². The largest absolute Gasteiger partial charge is 0.395 e. The van der Waals surface area contributed by atoms with E-state index in [4.69, 9.17) is 9.84 Å². The Hall–Kier alpha value is -0.160. The highest BCUT2D eigenvalue weighted by atomic mass is 16.5. The maximum atomic E-state index is 9.08. The molecule has 0 saturated carbocycles. The second-order valence-electron chi connectivity index (χ2n) is 4.51. The van der Waals surface area contributed by atoms with Crippen LogP contribution in [0.4, 0.5) is 0 Å².